The van der Waals surface area contributed by atoms with Crippen LogP contribution in [0.2, 0.25) is 0 Å². The average Bonchev–Trinajstić information content (AvgIpc) is 2.42. The minimum atomic E-state index is 0.494. The Morgan fingerprint density at radius 3 is 2.95 bits per heavy atom. The van der Waals surface area contributed by atoms with Gasteiger partial charge < -0.3 is 5.73 Å². The van der Waals surface area contributed by atoms with Gasteiger partial charge in [-0.2, -0.15) is 0 Å². The molecule has 104 valence electrons. The summed E-state index contributed by atoms with van der Waals surface area (Å²) in [6.45, 7) is 6.83. The van der Waals surface area contributed by atoms with E-state index in [1.165, 1.54) is 32.4 Å². The van der Waals surface area contributed by atoms with Crippen LogP contribution in [-0.2, 0) is 6.54 Å². The third-order valence-corrected chi connectivity index (χ3v) is 4.41. The maximum absolute atomic E-state index is 5.58. The lowest BCUT2D eigenvalue weighted by atomic mass is 9.97. The summed E-state index contributed by atoms with van der Waals surface area (Å²) in [5, 5.41) is 0. The molecule has 3 rings (SSSR count). The lowest BCUT2D eigenvalue weighted by Gasteiger charge is -2.47. The van der Waals surface area contributed by atoms with E-state index in [2.05, 4.69) is 26.7 Å². The van der Waals surface area contributed by atoms with Crippen LogP contribution < -0.4 is 5.73 Å². The fourth-order valence-electron chi connectivity index (χ4n) is 3.29. The predicted molar refractivity (Wildman–Crippen MR) is 75.5 cm³/mol. The first-order valence-corrected chi connectivity index (χ1v) is 7.27. The van der Waals surface area contributed by atoms with Crippen LogP contribution in [0.4, 0.5) is 5.82 Å². The SMILES string of the molecule is CC1CN2CCCCC2CN1Cc1cnc(N)cn1. The molecule has 2 saturated heterocycles. The third kappa shape index (κ3) is 2.87. The van der Waals surface area contributed by atoms with Crippen molar-refractivity contribution in [3.05, 3.63) is 18.1 Å². The number of nitrogens with two attached hydrogens (primary N) is 1. The van der Waals surface area contributed by atoms with Gasteiger partial charge in [-0.15, -0.1) is 0 Å². The minimum Gasteiger partial charge on any atom is -0.382 e. The molecule has 0 spiro atoms. The van der Waals surface area contributed by atoms with Crippen LogP contribution in [0.5, 0.6) is 0 Å². The quantitative estimate of drug-likeness (QED) is 0.864. The minimum absolute atomic E-state index is 0.494. The Kier molecular flexibility index (Phi) is 3.66. The van der Waals surface area contributed by atoms with E-state index in [9.17, 15) is 0 Å². The van der Waals surface area contributed by atoms with Crippen molar-refractivity contribution in [1.82, 2.24) is 19.8 Å². The van der Waals surface area contributed by atoms with Gasteiger partial charge in [0.15, 0.2) is 0 Å². The highest BCUT2D eigenvalue weighted by Crippen LogP contribution is 2.24. The van der Waals surface area contributed by atoms with Gasteiger partial charge in [-0.05, 0) is 26.3 Å². The molecule has 2 aliphatic rings. The molecule has 5 heteroatoms. The topological polar surface area (TPSA) is 58.3 Å². The van der Waals surface area contributed by atoms with Gasteiger partial charge in [0, 0.05) is 31.7 Å². The number of aromatic nitrogens is 2. The maximum atomic E-state index is 5.58. The molecule has 0 bridgehead atoms. The highest BCUT2D eigenvalue weighted by molar-refractivity contribution is 5.22. The van der Waals surface area contributed by atoms with Crippen LogP contribution in [0.15, 0.2) is 12.4 Å². The second-order valence-corrected chi connectivity index (χ2v) is 5.86. The van der Waals surface area contributed by atoms with E-state index in [1.807, 2.05) is 0 Å². The number of hydrogen-bond acceptors (Lipinski definition) is 5. The van der Waals surface area contributed by atoms with Crippen molar-refractivity contribution in [1.29, 1.82) is 0 Å². The molecule has 0 aliphatic carbocycles. The third-order valence-electron chi connectivity index (χ3n) is 4.41. The number of fused-ring (bicyclic) bond motifs is 1. The molecule has 19 heavy (non-hydrogen) atoms. The van der Waals surface area contributed by atoms with Gasteiger partial charge in [0.25, 0.3) is 0 Å². The molecular formula is C14H23N5. The van der Waals surface area contributed by atoms with Crippen LogP contribution in [-0.4, -0.2) is 51.5 Å². The predicted octanol–water partition coefficient (Wildman–Crippen LogP) is 1.12. The van der Waals surface area contributed by atoms with Crippen LogP contribution in [0.25, 0.3) is 0 Å². The van der Waals surface area contributed by atoms with Gasteiger partial charge in [-0.25, -0.2) is 4.98 Å². The summed E-state index contributed by atoms with van der Waals surface area (Å²) in [6, 6.07) is 1.33. The molecule has 0 amide bonds. The maximum Gasteiger partial charge on any atom is 0.141 e. The molecule has 0 aromatic carbocycles. The highest BCUT2D eigenvalue weighted by Gasteiger charge is 2.32. The van der Waals surface area contributed by atoms with Gasteiger partial charge in [0.1, 0.15) is 5.82 Å². The first kappa shape index (κ1) is 12.8. The molecule has 2 fully saturated rings. The fraction of sp³-hybridized carbons (Fsp3) is 0.714. The summed E-state index contributed by atoms with van der Waals surface area (Å²) in [4.78, 5) is 13.7. The summed E-state index contributed by atoms with van der Waals surface area (Å²) >= 11 is 0. The second kappa shape index (κ2) is 5.43. The summed E-state index contributed by atoms with van der Waals surface area (Å²) < 4.78 is 0. The summed E-state index contributed by atoms with van der Waals surface area (Å²) in [7, 11) is 0. The molecule has 5 nitrogen and oxygen atoms in total. The Bertz CT molecular complexity index is 418. The van der Waals surface area contributed by atoms with Gasteiger partial charge >= 0.3 is 0 Å². The molecule has 2 unspecified atom stereocenters. The second-order valence-electron chi connectivity index (χ2n) is 5.86. The monoisotopic (exact) mass is 261 g/mol. The molecule has 2 aliphatic heterocycles. The van der Waals surface area contributed by atoms with E-state index >= 15 is 0 Å². The van der Waals surface area contributed by atoms with E-state index in [0.29, 0.717) is 11.9 Å². The Hall–Kier alpha value is -1.20. The highest BCUT2D eigenvalue weighted by atomic mass is 15.3. The van der Waals surface area contributed by atoms with Crippen molar-refractivity contribution >= 4 is 5.82 Å². The summed E-state index contributed by atoms with van der Waals surface area (Å²) in [6.07, 6.45) is 7.54. The molecular weight excluding hydrogens is 238 g/mol. The van der Waals surface area contributed by atoms with Crippen molar-refractivity contribution in [3.8, 4) is 0 Å². The summed E-state index contributed by atoms with van der Waals surface area (Å²) in [5.41, 5.74) is 6.60. The largest absolute Gasteiger partial charge is 0.382 e. The van der Waals surface area contributed by atoms with Gasteiger partial charge in [0.2, 0.25) is 0 Å². The van der Waals surface area contributed by atoms with Crippen molar-refractivity contribution in [2.75, 3.05) is 25.4 Å². The molecule has 2 atom stereocenters. The van der Waals surface area contributed by atoms with Gasteiger partial charge in [-0.3, -0.25) is 14.8 Å². The van der Waals surface area contributed by atoms with E-state index < -0.39 is 0 Å². The van der Waals surface area contributed by atoms with E-state index in [-0.39, 0.29) is 0 Å². The molecule has 3 heterocycles. The Balaban J connectivity index is 1.65. The van der Waals surface area contributed by atoms with Crippen molar-refractivity contribution in [3.63, 3.8) is 0 Å². The summed E-state index contributed by atoms with van der Waals surface area (Å²) in [5.74, 6) is 0.494. The molecule has 0 radical (unpaired) electrons. The number of piperazine rings is 1. The lowest BCUT2D eigenvalue weighted by Crippen LogP contribution is -2.58. The first-order valence-electron chi connectivity index (χ1n) is 7.27. The Morgan fingerprint density at radius 2 is 2.16 bits per heavy atom. The van der Waals surface area contributed by atoms with Crippen molar-refractivity contribution in [2.24, 2.45) is 0 Å². The van der Waals surface area contributed by atoms with Crippen molar-refractivity contribution < 1.29 is 0 Å². The first-order chi connectivity index (χ1) is 9.22. The van der Waals surface area contributed by atoms with E-state index in [0.717, 1.165) is 24.8 Å². The Labute approximate surface area is 114 Å². The molecule has 1 aromatic rings. The zero-order valence-corrected chi connectivity index (χ0v) is 11.6. The fourth-order valence-corrected chi connectivity index (χ4v) is 3.29. The zero-order valence-electron chi connectivity index (χ0n) is 11.6. The molecule has 0 saturated carbocycles. The van der Waals surface area contributed by atoms with Crippen molar-refractivity contribution in [2.45, 2.75) is 44.8 Å². The van der Waals surface area contributed by atoms with Crippen LogP contribution in [0.1, 0.15) is 31.9 Å². The van der Waals surface area contributed by atoms with Gasteiger partial charge in [0.05, 0.1) is 18.1 Å². The normalized spacial score (nSPS) is 29.1. The van der Waals surface area contributed by atoms with Crippen LogP contribution in [0, 0.1) is 0 Å². The standard InChI is InChI=1S/C14H23N5/c1-11-8-18-5-3-2-4-13(18)10-19(11)9-12-6-17-14(15)7-16-12/h6-7,11,13H,2-5,8-10H2,1H3,(H2,15,17). The van der Waals surface area contributed by atoms with Crippen LogP contribution in [0.3, 0.4) is 0 Å². The zero-order chi connectivity index (χ0) is 13.2. The lowest BCUT2D eigenvalue weighted by molar-refractivity contribution is 0.0104. The van der Waals surface area contributed by atoms with Crippen LogP contribution >= 0.6 is 0 Å². The number of nitrogens with zero attached hydrogens (tertiary/aromatic N) is 4. The molecule has 2 N–H and O–H groups in total. The number of nitrogen functional groups attached to an aromatic ring is 1. The van der Waals surface area contributed by atoms with E-state index in [1.54, 1.807) is 12.4 Å². The average molecular weight is 261 g/mol. The molecule has 1 aromatic heterocycles. The number of anilines is 1. The number of hydrogen-bond donors (Lipinski definition) is 1. The smallest absolute Gasteiger partial charge is 0.141 e. The number of piperidine rings is 1. The van der Waals surface area contributed by atoms with Gasteiger partial charge in [-0.1, -0.05) is 6.42 Å². The number of rotatable bonds is 2. The Morgan fingerprint density at radius 1 is 1.26 bits per heavy atom. The van der Waals surface area contributed by atoms with E-state index in [4.69, 9.17) is 5.73 Å².